The summed E-state index contributed by atoms with van der Waals surface area (Å²) in [7, 11) is 0. The average molecular weight is 445 g/mol. The molecule has 0 bridgehead atoms. The van der Waals surface area contributed by atoms with Gasteiger partial charge in [0.2, 0.25) is 0 Å². The summed E-state index contributed by atoms with van der Waals surface area (Å²) in [5, 5.41) is 11.3. The molecule has 1 aromatic heterocycles. The number of hydrogen-bond acceptors (Lipinski definition) is 4. The van der Waals surface area contributed by atoms with Gasteiger partial charge in [0.1, 0.15) is 24.4 Å². The van der Waals surface area contributed by atoms with Gasteiger partial charge in [-0.3, -0.25) is 14.9 Å². The van der Waals surface area contributed by atoms with Crippen LogP contribution in [0.1, 0.15) is 38.8 Å². The van der Waals surface area contributed by atoms with Crippen LogP contribution in [-0.2, 0) is 6.42 Å². The Balaban J connectivity index is 0.00000231. The number of piperazine rings is 1. The van der Waals surface area contributed by atoms with Crippen molar-refractivity contribution < 1.29 is 14.0 Å². The van der Waals surface area contributed by atoms with E-state index in [1.54, 1.807) is 12.3 Å². The lowest BCUT2D eigenvalue weighted by Gasteiger charge is -2.41. The molecule has 0 aliphatic carbocycles. The lowest BCUT2D eigenvalue weighted by Crippen LogP contribution is -2.63. The Bertz CT molecular complexity index is 1220. The third-order valence-corrected chi connectivity index (χ3v) is 6.38. The number of benzene rings is 2. The molecule has 2 aliphatic rings. The first-order valence-electron chi connectivity index (χ1n) is 10.2. The number of aromatic nitrogens is 2. The third-order valence-electron chi connectivity index (χ3n) is 6.38. The molecule has 162 valence electrons. The number of nitrogens with zero attached hydrogens (tertiary/aromatic N) is 3. The maximum Gasteiger partial charge on any atom is 0.259 e. The van der Waals surface area contributed by atoms with Crippen LogP contribution >= 0.6 is 12.4 Å². The number of fused-ring (bicyclic) bond motifs is 2. The van der Waals surface area contributed by atoms with Gasteiger partial charge in [0, 0.05) is 36.2 Å². The fourth-order valence-electron chi connectivity index (χ4n) is 4.94. The van der Waals surface area contributed by atoms with E-state index in [0.717, 1.165) is 35.3 Å². The van der Waals surface area contributed by atoms with E-state index in [9.17, 15) is 14.0 Å². The molecule has 1 saturated heterocycles. The minimum absolute atomic E-state index is 0. The monoisotopic (exact) mass is 444 g/mol. The van der Waals surface area contributed by atoms with Crippen molar-refractivity contribution in [3.63, 3.8) is 0 Å². The smallest absolute Gasteiger partial charge is 0.259 e. The first-order chi connectivity index (χ1) is 14.5. The number of amides is 2. The van der Waals surface area contributed by atoms with Crippen LogP contribution in [0, 0.1) is 12.7 Å². The first-order valence-corrected chi connectivity index (χ1v) is 10.2. The fraction of sp³-hybridized carbons (Fsp3) is 0.318. The van der Waals surface area contributed by atoms with Gasteiger partial charge >= 0.3 is 0 Å². The van der Waals surface area contributed by atoms with Crippen molar-refractivity contribution in [2.75, 3.05) is 26.2 Å². The molecule has 5 rings (SSSR count). The van der Waals surface area contributed by atoms with Gasteiger partial charge in [-0.15, -0.1) is 22.3 Å². The van der Waals surface area contributed by atoms with Gasteiger partial charge in [-0.2, -0.15) is 4.59 Å². The molecule has 0 unspecified atom stereocenters. The topological polar surface area (TPSA) is 76.0 Å². The molecular weight excluding hydrogens is 421 g/mol. The SMILES string of the molecule is CCc1c([N+]2(n3ncc4ccc(F)cc43)CCNCC2)cc2c(c1C)C(=O)NC2=O.Cl. The van der Waals surface area contributed by atoms with E-state index in [2.05, 4.69) is 15.7 Å². The number of quaternary nitrogens is 1. The molecule has 3 heterocycles. The predicted molar refractivity (Wildman–Crippen MR) is 119 cm³/mol. The Labute approximate surface area is 185 Å². The molecule has 1 fully saturated rings. The van der Waals surface area contributed by atoms with E-state index in [-0.39, 0.29) is 30.0 Å². The summed E-state index contributed by atoms with van der Waals surface area (Å²) in [4.78, 5) is 26.7. The lowest BCUT2D eigenvalue weighted by molar-refractivity contribution is 0.0879. The number of nitrogens with one attached hydrogen (secondary N) is 2. The Morgan fingerprint density at radius 3 is 2.61 bits per heavy atom. The van der Waals surface area contributed by atoms with Gasteiger partial charge in [-0.1, -0.05) is 6.92 Å². The quantitative estimate of drug-likeness (QED) is 0.481. The van der Waals surface area contributed by atoms with Crippen LogP contribution in [-0.4, -0.2) is 47.9 Å². The Morgan fingerprint density at radius 2 is 1.90 bits per heavy atom. The Kier molecular flexibility index (Phi) is 5.33. The fourth-order valence-corrected chi connectivity index (χ4v) is 4.94. The number of halogens is 2. The number of rotatable bonds is 3. The van der Waals surface area contributed by atoms with Gasteiger partial charge in [-0.25, -0.2) is 4.39 Å². The van der Waals surface area contributed by atoms with Crippen molar-refractivity contribution >= 4 is 40.8 Å². The number of hydrogen-bond donors (Lipinski definition) is 2. The zero-order valence-corrected chi connectivity index (χ0v) is 18.2. The molecule has 2 amide bonds. The Morgan fingerprint density at radius 1 is 1.16 bits per heavy atom. The summed E-state index contributed by atoms with van der Waals surface area (Å²) >= 11 is 0. The molecule has 7 nitrogen and oxygen atoms in total. The molecule has 2 N–H and O–H groups in total. The van der Waals surface area contributed by atoms with Gasteiger partial charge < -0.3 is 5.32 Å². The second-order valence-electron chi connectivity index (χ2n) is 7.92. The van der Waals surface area contributed by atoms with Crippen molar-refractivity contribution in [2.24, 2.45) is 0 Å². The zero-order chi connectivity index (χ0) is 21.0. The van der Waals surface area contributed by atoms with Gasteiger partial charge in [0.25, 0.3) is 11.8 Å². The van der Waals surface area contributed by atoms with Crippen molar-refractivity contribution in [1.29, 1.82) is 0 Å². The van der Waals surface area contributed by atoms with Crippen LogP contribution in [0.2, 0.25) is 0 Å². The van der Waals surface area contributed by atoms with Crippen molar-refractivity contribution in [3.8, 4) is 0 Å². The molecule has 9 heteroatoms. The summed E-state index contributed by atoms with van der Waals surface area (Å²) in [6.07, 6.45) is 2.45. The maximum absolute atomic E-state index is 14.1. The minimum Gasteiger partial charge on any atom is -0.306 e. The highest BCUT2D eigenvalue weighted by molar-refractivity contribution is 6.22. The average Bonchev–Trinajstić information content (AvgIpc) is 3.29. The largest absolute Gasteiger partial charge is 0.306 e. The molecule has 3 aromatic rings. The summed E-state index contributed by atoms with van der Waals surface area (Å²) < 4.78 is 14.5. The van der Waals surface area contributed by atoms with Gasteiger partial charge in [0.15, 0.2) is 5.69 Å². The van der Waals surface area contributed by atoms with Gasteiger partial charge in [-0.05, 0) is 31.0 Å². The third kappa shape index (κ3) is 3.05. The van der Waals surface area contributed by atoms with E-state index >= 15 is 0 Å². The van der Waals surface area contributed by atoms with E-state index in [0.29, 0.717) is 40.7 Å². The molecule has 2 aromatic carbocycles. The van der Waals surface area contributed by atoms with Crippen LogP contribution in [0.25, 0.3) is 10.9 Å². The van der Waals surface area contributed by atoms with E-state index in [1.807, 2.05) is 24.7 Å². The van der Waals surface area contributed by atoms with Crippen molar-refractivity contribution in [3.05, 3.63) is 58.5 Å². The summed E-state index contributed by atoms with van der Waals surface area (Å²) in [5.74, 6) is -1.03. The maximum atomic E-state index is 14.1. The highest BCUT2D eigenvalue weighted by Crippen LogP contribution is 2.38. The van der Waals surface area contributed by atoms with E-state index in [4.69, 9.17) is 0 Å². The first kappa shape index (κ1) is 21.4. The molecule has 0 radical (unpaired) electrons. The normalized spacial score (nSPS) is 17.4. The summed E-state index contributed by atoms with van der Waals surface area (Å²) in [6.45, 7) is 6.83. The molecule has 31 heavy (non-hydrogen) atoms. The minimum atomic E-state index is -0.369. The lowest BCUT2D eigenvalue weighted by atomic mass is 9.93. The second kappa shape index (κ2) is 7.71. The van der Waals surface area contributed by atoms with Gasteiger partial charge in [0.05, 0.1) is 17.3 Å². The van der Waals surface area contributed by atoms with Crippen LogP contribution < -0.4 is 15.2 Å². The van der Waals surface area contributed by atoms with Crippen LogP contribution in [0.15, 0.2) is 30.5 Å². The number of imide groups is 1. The van der Waals surface area contributed by atoms with Crippen molar-refractivity contribution in [2.45, 2.75) is 20.3 Å². The molecule has 2 aliphatic heterocycles. The molecule has 0 spiro atoms. The number of carbonyl (C=O) groups is 2. The summed E-state index contributed by atoms with van der Waals surface area (Å²) in [6, 6.07) is 6.52. The van der Waals surface area contributed by atoms with Crippen LogP contribution in [0.5, 0.6) is 0 Å². The summed E-state index contributed by atoms with van der Waals surface area (Å²) in [5.41, 5.74) is 4.37. The van der Waals surface area contributed by atoms with Crippen LogP contribution in [0.4, 0.5) is 10.1 Å². The highest BCUT2D eigenvalue weighted by atomic mass is 35.5. The zero-order valence-electron chi connectivity index (χ0n) is 17.4. The molecule has 0 atom stereocenters. The van der Waals surface area contributed by atoms with Crippen LogP contribution in [0.3, 0.4) is 0 Å². The molecular formula is C22H24ClFN5O2+. The highest BCUT2D eigenvalue weighted by Gasteiger charge is 2.42. The predicted octanol–water partition coefficient (Wildman–Crippen LogP) is 2.73. The number of carbonyl (C=O) groups excluding carboxylic acids is 2. The van der Waals surface area contributed by atoms with Crippen molar-refractivity contribution in [1.82, 2.24) is 25.1 Å². The Hall–Kier alpha value is -2.81. The standard InChI is InChI=1S/C22H22FN5O2.ClH/c1-3-16-13(2)20-17(21(29)26-22(20)30)11-19(16)28(8-6-24-7-9-28)27-18-10-15(23)5-4-14(18)12-25-27;/h4-5,10-12,24H,3,6-9H2,1-2H3;1H/p+1. The van der Waals surface area contributed by atoms with E-state index in [1.165, 1.54) is 12.1 Å². The second-order valence-corrected chi connectivity index (χ2v) is 7.92. The molecule has 0 saturated carbocycles. The van der Waals surface area contributed by atoms with E-state index < -0.39 is 0 Å².